The number of amides is 1. The zero-order chi connectivity index (χ0) is 17.7. The van der Waals surface area contributed by atoms with E-state index < -0.39 is 15.6 Å². The summed E-state index contributed by atoms with van der Waals surface area (Å²) in [5.74, 6) is -0.978. The van der Waals surface area contributed by atoms with E-state index in [4.69, 9.17) is 0 Å². The predicted octanol–water partition coefficient (Wildman–Crippen LogP) is 3.13. The van der Waals surface area contributed by atoms with Gasteiger partial charge in [0.15, 0.2) is 9.84 Å². The molecule has 5 heteroatoms. The van der Waals surface area contributed by atoms with Crippen LogP contribution in [-0.4, -0.2) is 32.0 Å². The van der Waals surface area contributed by atoms with E-state index >= 15 is 0 Å². The van der Waals surface area contributed by atoms with Crippen LogP contribution in [0.1, 0.15) is 29.7 Å². The van der Waals surface area contributed by atoms with Crippen molar-refractivity contribution in [1.29, 1.82) is 0 Å². The molecule has 2 aromatic rings. The maximum atomic E-state index is 12.4. The van der Waals surface area contributed by atoms with E-state index in [0.717, 1.165) is 16.7 Å². The summed E-state index contributed by atoms with van der Waals surface area (Å²) in [6.45, 7) is 3.76. The van der Waals surface area contributed by atoms with Gasteiger partial charge in [0.1, 0.15) is 5.75 Å². The van der Waals surface area contributed by atoms with Crippen molar-refractivity contribution >= 4 is 15.7 Å². The van der Waals surface area contributed by atoms with Gasteiger partial charge in [-0.25, -0.2) is 8.42 Å². The van der Waals surface area contributed by atoms with Crippen LogP contribution in [0.2, 0.25) is 0 Å². The number of carbonyl (C=O) groups excluding carboxylic acids is 1. The Morgan fingerprint density at radius 2 is 1.62 bits per heavy atom. The third kappa shape index (κ3) is 4.68. The number of carbonyl (C=O) groups is 1. The summed E-state index contributed by atoms with van der Waals surface area (Å²) in [6, 6.07) is 16.7. The number of benzene rings is 2. The lowest BCUT2D eigenvalue weighted by Gasteiger charge is -2.25. The molecule has 0 saturated heterocycles. The van der Waals surface area contributed by atoms with Gasteiger partial charge in [-0.3, -0.25) is 4.79 Å². The zero-order valence-electron chi connectivity index (χ0n) is 14.3. The highest BCUT2D eigenvalue weighted by atomic mass is 32.2. The third-order valence-corrected chi connectivity index (χ3v) is 5.67. The predicted molar refractivity (Wildman–Crippen MR) is 96.3 cm³/mol. The number of hydrogen-bond acceptors (Lipinski definition) is 3. The molecule has 0 aliphatic heterocycles. The van der Waals surface area contributed by atoms with Crippen LogP contribution in [0.4, 0.5) is 0 Å². The lowest BCUT2D eigenvalue weighted by molar-refractivity contribution is -0.129. The topological polar surface area (TPSA) is 54.5 Å². The standard InChI is InChI=1S/C19H23NO3S/c1-15-9-7-8-12-18(15)13-24(22,23)14-19(21)20(3)16(2)17-10-5-4-6-11-17/h4-12,16H,13-14H2,1-3H3/t16-/m1/s1. The van der Waals surface area contributed by atoms with Gasteiger partial charge in [-0.1, -0.05) is 54.6 Å². The SMILES string of the molecule is Cc1ccccc1CS(=O)(=O)CC(=O)N(C)[C@H](C)c1ccccc1. The van der Waals surface area contributed by atoms with Crippen molar-refractivity contribution in [3.63, 3.8) is 0 Å². The average Bonchev–Trinajstić information content (AvgIpc) is 2.55. The Bertz CT molecular complexity index is 800. The number of rotatable bonds is 6. The van der Waals surface area contributed by atoms with Crippen molar-refractivity contribution in [2.75, 3.05) is 12.8 Å². The Morgan fingerprint density at radius 3 is 2.25 bits per heavy atom. The molecule has 0 unspecified atom stereocenters. The summed E-state index contributed by atoms with van der Waals surface area (Å²) < 4.78 is 24.8. The van der Waals surface area contributed by atoms with Gasteiger partial charge in [0, 0.05) is 7.05 Å². The highest BCUT2D eigenvalue weighted by Gasteiger charge is 2.24. The monoisotopic (exact) mass is 345 g/mol. The van der Waals surface area contributed by atoms with E-state index in [9.17, 15) is 13.2 Å². The summed E-state index contributed by atoms with van der Waals surface area (Å²) in [7, 11) is -1.87. The lowest BCUT2D eigenvalue weighted by Crippen LogP contribution is -2.35. The molecular weight excluding hydrogens is 322 g/mol. The molecular formula is C19H23NO3S. The second-order valence-electron chi connectivity index (χ2n) is 6.05. The highest BCUT2D eigenvalue weighted by Crippen LogP contribution is 2.19. The summed E-state index contributed by atoms with van der Waals surface area (Å²) in [4.78, 5) is 13.9. The van der Waals surface area contributed by atoms with Crippen LogP contribution in [-0.2, 0) is 20.4 Å². The molecule has 0 saturated carbocycles. The summed E-state index contributed by atoms with van der Waals surface area (Å²) >= 11 is 0. The smallest absolute Gasteiger partial charge is 0.238 e. The minimum atomic E-state index is -3.51. The van der Waals surface area contributed by atoms with E-state index in [1.807, 2.05) is 62.4 Å². The molecule has 0 aliphatic carbocycles. The molecule has 128 valence electrons. The molecule has 0 fully saturated rings. The quantitative estimate of drug-likeness (QED) is 0.808. The van der Waals surface area contributed by atoms with Crippen molar-refractivity contribution in [3.05, 3.63) is 71.3 Å². The fourth-order valence-corrected chi connectivity index (χ4v) is 4.00. The Labute approximate surface area is 144 Å². The van der Waals surface area contributed by atoms with Crippen molar-refractivity contribution in [1.82, 2.24) is 4.90 Å². The van der Waals surface area contributed by atoms with Crippen molar-refractivity contribution in [3.8, 4) is 0 Å². The minimum Gasteiger partial charge on any atom is -0.338 e. The first-order valence-electron chi connectivity index (χ1n) is 7.85. The first kappa shape index (κ1) is 18.2. The van der Waals surface area contributed by atoms with Gasteiger partial charge in [0.05, 0.1) is 11.8 Å². The largest absolute Gasteiger partial charge is 0.338 e. The molecule has 4 nitrogen and oxygen atoms in total. The highest BCUT2D eigenvalue weighted by molar-refractivity contribution is 7.91. The first-order valence-corrected chi connectivity index (χ1v) is 9.68. The Kier molecular flexibility index (Phi) is 5.78. The Balaban J connectivity index is 2.06. The van der Waals surface area contributed by atoms with Crippen LogP contribution in [0.15, 0.2) is 54.6 Å². The molecule has 0 aromatic heterocycles. The molecule has 2 aromatic carbocycles. The van der Waals surface area contributed by atoms with Crippen LogP contribution in [0, 0.1) is 6.92 Å². The van der Waals surface area contributed by atoms with Gasteiger partial charge in [0.25, 0.3) is 0 Å². The molecule has 0 radical (unpaired) electrons. The Hall–Kier alpha value is -2.14. The van der Waals surface area contributed by atoms with Crippen LogP contribution < -0.4 is 0 Å². The molecule has 1 amide bonds. The minimum absolute atomic E-state index is 0.112. The molecule has 0 bridgehead atoms. The number of sulfone groups is 1. The van der Waals surface area contributed by atoms with Gasteiger partial charge >= 0.3 is 0 Å². The Morgan fingerprint density at radius 1 is 1.04 bits per heavy atom. The fraction of sp³-hybridized carbons (Fsp3) is 0.316. The summed E-state index contributed by atoms with van der Waals surface area (Å²) in [6.07, 6.45) is 0. The van der Waals surface area contributed by atoms with Crippen molar-refractivity contribution < 1.29 is 13.2 Å². The van der Waals surface area contributed by atoms with Gasteiger partial charge in [-0.15, -0.1) is 0 Å². The number of hydrogen-bond donors (Lipinski definition) is 0. The second kappa shape index (κ2) is 7.62. The molecule has 0 heterocycles. The number of nitrogens with zero attached hydrogens (tertiary/aromatic N) is 1. The second-order valence-corrected chi connectivity index (χ2v) is 8.11. The fourth-order valence-electron chi connectivity index (χ4n) is 2.52. The molecule has 24 heavy (non-hydrogen) atoms. The van der Waals surface area contributed by atoms with E-state index in [1.54, 1.807) is 13.1 Å². The molecule has 0 spiro atoms. The van der Waals surface area contributed by atoms with E-state index in [-0.39, 0.29) is 17.7 Å². The molecule has 0 N–H and O–H groups in total. The molecule has 2 rings (SSSR count). The van der Waals surface area contributed by atoms with Gasteiger partial charge < -0.3 is 4.90 Å². The summed E-state index contributed by atoms with van der Waals surface area (Å²) in [5.41, 5.74) is 2.63. The van der Waals surface area contributed by atoms with Crippen LogP contribution in [0.3, 0.4) is 0 Å². The molecule has 1 atom stereocenters. The first-order chi connectivity index (χ1) is 11.3. The van der Waals surface area contributed by atoms with E-state index in [1.165, 1.54) is 4.90 Å². The lowest BCUT2D eigenvalue weighted by atomic mass is 10.1. The maximum Gasteiger partial charge on any atom is 0.238 e. The number of aryl methyl sites for hydroxylation is 1. The van der Waals surface area contributed by atoms with E-state index in [2.05, 4.69) is 0 Å². The van der Waals surface area contributed by atoms with Crippen molar-refractivity contribution in [2.24, 2.45) is 0 Å². The average molecular weight is 345 g/mol. The van der Waals surface area contributed by atoms with Crippen molar-refractivity contribution in [2.45, 2.75) is 25.6 Å². The molecule has 0 aliphatic rings. The zero-order valence-corrected chi connectivity index (χ0v) is 15.1. The normalized spacial score (nSPS) is 12.6. The van der Waals surface area contributed by atoms with Gasteiger partial charge in [-0.05, 0) is 30.5 Å². The van der Waals surface area contributed by atoms with Crippen LogP contribution >= 0.6 is 0 Å². The van der Waals surface area contributed by atoms with Gasteiger partial charge in [-0.2, -0.15) is 0 Å². The van der Waals surface area contributed by atoms with E-state index in [0.29, 0.717) is 0 Å². The third-order valence-electron chi connectivity index (χ3n) is 4.24. The van der Waals surface area contributed by atoms with Crippen LogP contribution in [0.25, 0.3) is 0 Å². The van der Waals surface area contributed by atoms with Crippen LogP contribution in [0.5, 0.6) is 0 Å². The maximum absolute atomic E-state index is 12.4. The van der Waals surface area contributed by atoms with Gasteiger partial charge in [0.2, 0.25) is 5.91 Å². The summed E-state index contributed by atoms with van der Waals surface area (Å²) in [5, 5.41) is 0.